The second-order valence-electron chi connectivity index (χ2n) is 3.30. The summed E-state index contributed by atoms with van der Waals surface area (Å²) in [5.74, 6) is -3.09. The number of hydrogen-bond acceptors (Lipinski definition) is 4. The number of aliphatic carboxylic acids is 1. The van der Waals surface area contributed by atoms with E-state index in [-0.39, 0.29) is 0 Å². The highest BCUT2D eigenvalue weighted by Crippen LogP contribution is 2.03. The van der Waals surface area contributed by atoms with E-state index in [1.54, 1.807) is 0 Å². The molecule has 0 saturated heterocycles. The van der Waals surface area contributed by atoms with Crippen molar-refractivity contribution in [3.05, 3.63) is 23.1 Å². The lowest BCUT2D eigenvalue weighted by molar-refractivity contribution is -0.165. The summed E-state index contributed by atoms with van der Waals surface area (Å²) in [7, 11) is 5.05. The molecule has 0 fully saturated rings. The van der Waals surface area contributed by atoms with Crippen LogP contribution in [0, 0.1) is 0 Å². The highest BCUT2D eigenvalue weighted by molar-refractivity contribution is 9.11. The number of hydrazine groups is 1. The van der Waals surface area contributed by atoms with Crippen LogP contribution in [-0.2, 0) is 19.2 Å². The zero-order valence-corrected chi connectivity index (χ0v) is 11.8. The second-order valence-corrected chi connectivity index (χ2v) is 3.83. The Balaban J connectivity index is 5.47. The van der Waals surface area contributed by atoms with Gasteiger partial charge >= 0.3 is 5.97 Å². The van der Waals surface area contributed by atoms with Gasteiger partial charge in [0, 0.05) is 6.08 Å². The Bertz CT molecular complexity index is 424. The molecule has 0 rings (SSSR count). The Kier molecular flexibility index (Phi) is 7.98. The standard InChI is InChI=1S/C10H11BBrN3O5/c11-3-1-8(17)14(5-7(13)16)15(6-10(19)20)9(18)2-4-12/h1-4H,5-6H2,(H2,13,16)(H,19,20)/b3-1+,4-2+. The molecule has 0 atom stereocenters. The smallest absolute Gasteiger partial charge is 0.325 e. The summed E-state index contributed by atoms with van der Waals surface area (Å²) in [5, 5.41) is 9.92. The van der Waals surface area contributed by atoms with Crippen molar-refractivity contribution in [3.8, 4) is 0 Å². The predicted octanol–water partition coefficient (Wildman–Crippen LogP) is -1.28. The van der Waals surface area contributed by atoms with E-state index in [4.69, 9.17) is 18.7 Å². The summed E-state index contributed by atoms with van der Waals surface area (Å²) in [5.41, 5.74) is 4.97. The molecule has 0 saturated carbocycles. The van der Waals surface area contributed by atoms with Gasteiger partial charge in [0.05, 0.1) is 0 Å². The van der Waals surface area contributed by atoms with Gasteiger partial charge in [-0.1, -0.05) is 15.9 Å². The molecule has 8 nitrogen and oxygen atoms in total. The number of amides is 3. The molecule has 0 aromatic rings. The van der Waals surface area contributed by atoms with E-state index in [1.165, 1.54) is 4.99 Å². The van der Waals surface area contributed by atoms with Gasteiger partial charge in [-0.2, -0.15) is 0 Å². The van der Waals surface area contributed by atoms with Crippen molar-refractivity contribution in [1.82, 2.24) is 10.0 Å². The van der Waals surface area contributed by atoms with Gasteiger partial charge in [-0.05, 0) is 11.1 Å². The molecule has 0 unspecified atom stereocenters. The first-order valence-electron chi connectivity index (χ1n) is 5.11. The summed E-state index contributed by atoms with van der Waals surface area (Å²) in [4.78, 5) is 46.4. The molecule has 0 aliphatic rings. The lowest BCUT2D eigenvalue weighted by atomic mass is 10.1. The van der Waals surface area contributed by atoms with Crippen LogP contribution in [0.15, 0.2) is 23.1 Å². The number of carbonyl (C=O) groups is 4. The molecule has 20 heavy (non-hydrogen) atoms. The molecular weight excluding hydrogens is 333 g/mol. The lowest BCUT2D eigenvalue weighted by Crippen LogP contribution is -2.53. The molecule has 2 radical (unpaired) electrons. The summed E-state index contributed by atoms with van der Waals surface area (Å²) in [6, 6.07) is 0. The third-order valence-corrected chi connectivity index (χ3v) is 2.10. The molecule has 3 amide bonds. The molecule has 10 heteroatoms. The molecule has 0 aliphatic carbocycles. The van der Waals surface area contributed by atoms with Crippen LogP contribution in [-0.4, -0.2) is 59.8 Å². The number of nitrogens with zero attached hydrogens (tertiary/aromatic N) is 2. The third-order valence-electron chi connectivity index (χ3n) is 1.84. The topological polar surface area (TPSA) is 121 Å². The van der Waals surface area contributed by atoms with E-state index in [2.05, 4.69) is 15.9 Å². The van der Waals surface area contributed by atoms with Crippen molar-refractivity contribution >= 4 is 47.5 Å². The predicted molar refractivity (Wildman–Crippen MR) is 73.2 cm³/mol. The normalized spacial score (nSPS) is 10.7. The Hall–Kier alpha value is -2.10. The van der Waals surface area contributed by atoms with Crippen molar-refractivity contribution in [1.29, 1.82) is 0 Å². The number of rotatable bonds is 6. The number of halogens is 1. The van der Waals surface area contributed by atoms with Crippen LogP contribution in [0.4, 0.5) is 0 Å². The van der Waals surface area contributed by atoms with Gasteiger partial charge in [0.15, 0.2) is 0 Å². The number of nitrogens with two attached hydrogens (primary N) is 1. The first-order valence-corrected chi connectivity index (χ1v) is 6.03. The van der Waals surface area contributed by atoms with E-state index >= 15 is 0 Å². The monoisotopic (exact) mass is 343 g/mol. The average molecular weight is 344 g/mol. The summed E-state index contributed by atoms with van der Waals surface area (Å²) >= 11 is 2.85. The van der Waals surface area contributed by atoms with Crippen LogP contribution in [0.2, 0.25) is 0 Å². The van der Waals surface area contributed by atoms with E-state index in [0.717, 1.165) is 18.1 Å². The van der Waals surface area contributed by atoms with Gasteiger partial charge < -0.3 is 10.8 Å². The maximum atomic E-state index is 11.8. The minimum Gasteiger partial charge on any atom is -0.480 e. The van der Waals surface area contributed by atoms with Crippen LogP contribution in [0.25, 0.3) is 0 Å². The molecule has 0 aromatic heterocycles. The minimum atomic E-state index is -1.37. The largest absolute Gasteiger partial charge is 0.480 e. The van der Waals surface area contributed by atoms with Crippen molar-refractivity contribution in [2.24, 2.45) is 5.73 Å². The Morgan fingerprint density at radius 3 is 2.00 bits per heavy atom. The number of carboxylic acids is 1. The fourth-order valence-electron chi connectivity index (χ4n) is 1.15. The molecule has 0 heterocycles. The maximum Gasteiger partial charge on any atom is 0.325 e. The first kappa shape index (κ1) is 17.9. The summed E-state index contributed by atoms with van der Waals surface area (Å²) in [6.45, 7) is -1.49. The molecule has 0 aliphatic heterocycles. The van der Waals surface area contributed by atoms with E-state index in [9.17, 15) is 19.2 Å². The number of carboxylic acid groups (broad SMARTS) is 1. The summed E-state index contributed by atoms with van der Waals surface area (Å²) in [6.07, 6.45) is 1.83. The quantitative estimate of drug-likeness (QED) is 0.353. The minimum absolute atomic E-state index is 0.563. The third kappa shape index (κ3) is 6.18. The Morgan fingerprint density at radius 2 is 1.60 bits per heavy atom. The van der Waals surface area contributed by atoms with Gasteiger partial charge in [0.1, 0.15) is 20.9 Å². The molecule has 0 spiro atoms. The number of hydrogen-bond donors (Lipinski definition) is 2. The molecule has 0 bridgehead atoms. The van der Waals surface area contributed by atoms with Gasteiger partial charge in [-0.15, -0.1) is 5.98 Å². The van der Waals surface area contributed by atoms with Gasteiger partial charge in [-0.3, -0.25) is 19.2 Å². The molecular formula is C10H11BBrN3O5. The zero-order chi connectivity index (χ0) is 15.7. The fourth-order valence-corrected chi connectivity index (χ4v) is 1.37. The lowest BCUT2D eigenvalue weighted by Gasteiger charge is -2.31. The van der Waals surface area contributed by atoms with Gasteiger partial charge in [0.25, 0.3) is 11.8 Å². The van der Waals surface area contributed by atoms with Crippen LogP contribution < -0.4 is 5.73 Å². The van der Waals surface area contributed by atoms with Crippen LogP contribution in [0.1, 0.15) is 0 Å². The summed E-state index contributed by atoms with van der Waals surface area (Å²) < 4.78 is 0. The van der Waals surface area contributed by atoms with Crippen LogP contribution in [0.3, 0.4) is 0 Å². The number of primary amides is 1. The molecule has 0 aromatic carbocycles. The van der Waals surface area contributed by atoms with Gasteiger partial charge in [-0.25, -0.2) is 10.0 Å². The molecule has 3 N–H and O–H groups in total. The van der Waals surface area contributed by atoms with Crippen molar-refractivity contribution in [3.63, 3.8) is 0 Å². The fraction of sp³-hybridized carbons (Fsp3) is 0.200. The zero-order valence-electron chi connectivity index (χ0n) is 10.2. The number of carbonyl (C=O) groups excluding carboxylic acids is 3. The Morgan fingerprint density at radius 1 is 1.10 bits per heavy atom. The van der Waals surface area contributed by atoms with Gasteiger partial charge in [0.2, 0.25) is 5.91 Å². The van der Waals surface area contributed by atoms with Crippen LogP contribution >= 0.6 is 15.9 Å². The van der Waals surface area contributed by atoms with Crippen molar-refractivity contribution < 1.29 is 24.3 Å². The van der Waals surface area contributed by atoms with Crippen molar-refractivity contribution in [2.75, 3.05) is 13.1 Å². The highest BCUT2D eigenvalue weighted by atomic mass is 79.9. The van der Waals surface area contributed by atoms with E-state index < -0.39 is 36.8 Å². The molecule has 106 valence electrons. The van der Waals surface area contributed by atoms with E-state index in [1.807, 2.05) is 0 Å². The first-order chi connectivity index (χ1) is 9.33. The second kappa shape index (κ2) is 8.91. The van der Waals surface area contributed by atoms with E-state index in [0.29, 0.717) is 10.0 Å². The van der Waals surface area contributed by atoms with Crippen LogP contribution in [0.5, 0.6) is 0 Å². The Labute approximate surface area is 124 Å². The maximum absolute atomic E-state index is 11.8. The van der Waals surface area contributed by atoms with Crippen molar-refractivity contribution in [2.45, 2.75) is 0 Å². The highest BCUT2D eigenvalue weighted by Gasteiger charge is 2.26. The average Bonchev–Trinajstić information content (AvgIpc) is 2.33. The SMILES string of the molecule is [B]/C=C/C(=O)N(CC(N)=O)N(CC(=O)O)C(=O)/C=C/Br.